The van der Waals surface area contributed by atoms with E-state index in [1.54, 1.807) is 6.08 Å². The molecule has 0 atom stereocenters. The van der Waals surface area contributed by atoms with Gasteiger partial charge in [0, 0.05) is 54.9 Å². The summed E-state index contributed by atoms with van der Waals surface area (Å²) in [7, 11) is 4.18. The number of hydrogen-bond acceptors (Lipinski definition) is 5. The predicted molar refractivity (Wildman–Crippen MR) is 197 cm³/mol. The van der Waals surface area contributed by atoms with E-state index in [9.17, 15) is 9.90 Å². The fraction of sp³-hybridized carbons (Fsp3) is 0.366. The number of carbonyl (C=O) groups excluding carboxylic acids is 1. The van der Waals surface area contributed by atoms with E-state index in [2.05, 4.69) is 75.4 Å². The Morgan fingerprint density at radius 2 is 1.78 bits per heavy atom. The number of aromatic nitrogens is 3. The second-order valence-electron chi connectivity index (χ2n) is 14.1. The van der Waals surface area contributed by atoms with Crippen molar-refractivity contribution in [1.82, 2.24) is 19.4 Å². The number of fused-ring (bicyclic) bond motifs is 2. The van der Waals surface area contributed by atoms with Crippen molar-refractivity contribution in [3.8, 4) is 11.3 Å². The number of anilines is 1. The van der Waals surface area contributed by atoms with Crippen LogP contribution in [0.25, 0.3) is 39.3 Å². The van der Waals surface area contributed by atoms with E-state index in [1.807, 2.05) is 31.3 Å². The number of rotatable bonds is 8. The highest BCUT2D eigenvalue weighted by molar-refractivity contribution is 6.01. The van der Waals surface area contributed by atoms with Gasteiger partial charge in [-0.25, -0.2) is 4.98 Å². The lowest BCUT2D eigenvalue weighted by atomic mass is 9.75. The topological polar surface area (TPSA) is 84.6 Å². The van der Waals surface area contributed by atoms with E-state index < -0.39 is 5.54 Å². The molecule has 3 fully saturated rings. The van der Waals surface area contributed by atoms with Crippen molar-refractivity contribution in [2.45, 2.75) is 56.4 Å². The van der Waals surface area contributed by atoms with Gasteiger partial charge in [-0.3, -0.25) is 4.79 Å². The Hall–Kier alpha value is -4.82. The van der Waals surface area contributed by atoms with Gasteiger partial charge in [-0.05, 0) is 91.6 Å². The molecule has 1 aliphatic heterocycles. The number of nitrogens with zero attached hydrogens (tertiary/aromatic N) is 4. The predicted octanol–water partition coefficient (Wildman–Crippen LogP) is 8.12. The molecule has 2 N–H and O–H groups in total. The second-order valence-corrected chi connectivity index (χ2v) is 14.1. The number of hydrogen-bond donors (Lipinski definition) is 2. The lowest BCUT2D eigenvalue weighted by Crippen LogP contribution is -2.52. The summed E-state index contributed by atoms with van der Waals surface area (Å²) in [6.45, 7) is 6.87. The Balaban J connectivity index is 1.14. The maximum Gasteiger partial charge on any atom is 0.252 e. The molecule has 8 rings (SSSR count). The van der Waals surface area contributed by atoms with Crippen molar-refractivity contribution < 1.29 is 14.6 Å². The van der Waals surface area contributed by atoms with Gasteiger partial charge in [0.25, 0.3) is 5.91 Å². The number of allylic oxidation sites excluding steroid dienone is 1. The summed E-state index contributed by atoms with van der Waals surface area (Å²) in [6.07, 6.45) is 11.1. The summed E-state index contributed by atoms with van der Waals surface area (Å²) in [5.74, 6) is 1.33. The molecule has 2 aromatic heterocycles. The van der Waals surface area contributed by atoms with Gasteiger partial charge < -0.3 is 29.2 Å². The minimum atomic E-state index is -0.524. The van der Waals surface area contributed by atoms with Gasteiger partial charge in [-0.1, -0.05) is 49.8 Å². The number of nitrogens with one attached hydrogen (secondary N) is 1. The van der Waals surface area contributed by atoms with Crippen LogP contribution in [-0.4, -0.2) is 51.4 Å². The quantitative estimate of drug-likeness (QED) is 0.130. The molecule has 8 nitrogen and oxygen atoms in total. The number of ether oxygens (including phenoxy) is 1. The SMILES string of the molecule is C=C(O)/C=C/c1ccc2nc(C3(NC(=O)c4ccc5c(C6CCCC6)c(-c6cccc(N7CCOCC7)c6)n(C)c5c4)CCC3)n(C)c2c1. The standard InChI is InChI=1S/C41H45N5O3/c1-27(47)12-13-28-14-17-34-36(24-28)45(3)40(42-34)41(18-7-19-41)43-39(48)31-15-16-33-35(26-31)44(2)38(37(33)29-8-4-5-9-29)30-10-6-11-32(25-30)46-20-22-49-23-21-46/h6,10-17,24-26,29,47H,1,4-5,7-9,18-23H2,2-3H3,(H,43,48)/b13-12+. The van der Waals surface area contributed by atoms with Crippen molar-refractivity contribution >= 4 is 39.6 Å². The second kappa shape index (κ2) is 12.6. The van der Waals surface area contributed by atoms with Gasteiger partial charge in [0.1, 0.15) is 11.6 Å². The molecule has 3 heterocycles. The van der Waals surface area contributed by atoms with Crippen molar-refractivity contribution in [3.05, 3.63) is 102 Å². The summed E-state index contributed by atoms with van der Waals surface area (Å²) < 4.78 is 10.0. The van der Waals surface area contributed by atoms with Crippen LogP contribution < -0.4 is 10.2 Å². The van der Waals surface area contributed by atoms with Crippen LogP contribution in [0.1, 0.15) is 78.2 Å². The molecule has 49 heavy (non-hydrogen) atoms. The van der Waals surface area contributed by atoms with E-state index >= 15 is 0 Å². The Labute approximate surface area is 287 Å². The molecule has 3 aromatic carbocycles. The average Bonchev–Trinajstić information content (AvgIpc) is 3.82. The third-order valence-electron chi connectivity index (χ3n) is 11.1. The lowest BCUT2D eigenvalue weighted by molar-refractivity contribution is 0.0805. The first-order chi connectivity index (χ1) is 23.8. The molecule has 252 valence electrons. The van der Waals surface area contributed by atoms with Crippen LogP contribution in [0.4, 0.5) is 5.69 Å². The van der Waals surface area contributed by atoms with Crippen molar-refractivity contribution in [2.75, 3.05) is 31.2 Å². The van der Waals surface area contributed by atoms with E-state index in [0.29, 0.717) is 11.5 Å². The van der Waals surface area contributed by atoms with Crippen molar-refractivity contribution in [3.63, 3.8) is 0 Å². The normalized spacial score (nSPS) is 18.0. The summed E-state index contributed by atoms with van der Waals surface area (Å²) in [4.78, 5) is 21.6. The summed E-state index contributed by atoms with van der Waals surface area (Å²) in [5, 5.41) is 14.2. The Morgan fingerprint density at radius 1 is 0.980 bits per heavy atom. The van der Waals surface area contributed by atoms with Crippen LogP contribution >= 0.6 is 0 Å². The van der Waals surface area contributed by atoms with E-state index in [0.717, 1.165) is 73.5 Å². The molecule has 2 aliphatic carbocycles. The number of benzene rings is 3. The highest BCUT2D eigenvalue weighted by Gasteiger charge is 2.44. The van der Waals surface area contributed by atoms with E-state index in [-0.39, 0.29) is 11.7 Å². The van der Waals surface area contributed by atoms with Crippen LogP contribution in [0.2, 0.25) is 0 Å². The first-order valence-corrected chi connectivity index (χ1v) is 17.7. The van der Waals surface area contributed by atoms with Gasteiger partial charge in [0.05, 0.1) is 35.5 Å². The summed E-state index contributed by atoms with van der Waals surface area (Å²) in [6, 6.07) is 21.3. The van der Waals surface area contributed by atoms with Crippen LogP contribution in [-0.2, 0) is 24.4 Å². The molecular weight excluding hydrogens is 610 g/mol. The zero-order valence-electron chi connectivity index (χ0n) is 28.5. The molecule has 0 radical (unpaired) electrons. The van der Waals surface area contributed by atoms with Gasteiger partial charge in [0.2, 0.25) is 0 Å². The van der Waals surface area contributed by atoms with Crippen LogP contribution in [0.15, 0.2) is 79.1 Å². The molecule has 8 heteroatoms. The van der Waals surface area contributed by atoms with E-state index in [1.165, 1.54) is 53.6 Å². The zero-order chi connectivity index (χ0) is 33.7. The van der Waals surface area contributed by atoms with E-state index in [4.69, 9.17) is 9.72 Å². The van der Waals surface area contributed by atoms with Gasteiger partial charge in [-0.2, -0.15) is 0 Å². The van der Waals surface area contributed by atoms with Crippen LogP contribution in [0.3, 0.4) is 0 Å². The molecule has 2 saturated carbocycles. The Kier molecular flexibility index (Phi) is 8.07. The summed E-state index contributed by atoms with van der Waals surface area (Å²) in [5.41, 5.74) is 9.21. The van der Waals surface area contributed by atoms with Gasteiger partial charge >= 0.3 is 0 Å². The minimum absolute atomic E-state index is 0.0134. The van der Waals surface area contributed by atoms with Crippen molar-refractivity contribution in [2.24, 2.45) is 14.1 Å². The number of aliphatic hydroxyl groups is 1. The van der Waals surface area contributed by atoms with Crippen LogP contribution in [0.5, 0.6) is 0 Å². The number of morpholine rings is 1. The molecule has 5 aromatic rings. The molecule has 0 spiro atoms. The molecule has 1 amide bonds. The number of carbonyl (C=O) groups is 1. The van der Waals surface area contributed by atoms with Crippen LogP contribution in [0, 0.1) is 0 Å². The number of amides is 1. The first kappa shape index (κ1) is 31.4. The Morgan fingerprint density at radius 3 is 2.51 bits per heavy atom. The average molecular weight is 656 g/mol. The number of imidazole rings is 1. The smallest absolute Gasteiger partial charge is 0.252 e. The molecule has 0 unspecified atom stereocenters. The first-order valence-electron chi connectivity index (χ1n) is 17.7. The van der Waals surface area contributed by atoms with Gasteiger partial charge in [0.15, 0.2) is 0 Å². The highest BCUT2D eigenvalue weighted by atomic mass is 16.5. The third kappa shape index (κ3) is 5.62. The fourth-order valence-corrected chi connectivity index (χ4v) is 8.41. The Bertz CT molecular complexity index is 2100. The largest absolute Gasteiger partial charge is 0.509 e. The zero-order valence-corrected chi connectivity index (χ0v) is 28.5. The minimum Gasteiger partial charge on any atom is -0.509 e. The highest BCUT2D eigenvalue weighted by Crippen LogP contribution is 2.46. The molecule has 0 bridgehead atoms. The maximum absolute atomic E-state index is 14.1. The maximum atomic E-state index is 14.1. The van der Waals surface area contributed by atoms with Gasteiger partial charge in [-0.15, -0.1) is 0 Å². The summed E-state index contributed by atoms with van der Waals surface area (Å²) >= 11 is 0. The molecule has 1 saturated heterocycles. The number of aryl methyl sites for hydroxylation is 2. The van der Waals surface area contributed by atoms with Crippen molar-refractivity contribution in [1.29, 1.82) is 0 Å². The number of aliphatic hydroxyl groups excluding tert-OH is 1. The monoisotopic (exact) mass is 655 g/mol. The molecule has 3 aliphatic rings. The third-order valence-corrected chi connectivity index (χ3v) is 11.1. The molecular formula is C41H45N5O3. The fourth-order valence-electron chi connectivity index (χ4n) is 8.41. The lowest BCUT2D eigenvalue weighted by Gasteiger charge is -2.41.